The average Bonchev–Trinajstić information content (AvgIpc) is 2.61. The number of halogens is 1. The Hall–Kier alpha value is -2.21. The lowest BCUT2D eigenvalue weighted by molar-refractivity contribution is -0.695. The predicted octanol–water partition coefficient (Wildman–Crippen LogP) is 2.31. The van der Waals surface area contributed by atoms with Gasteiger partial charge in [0, 0.05) is 12.1 Å². The lowest BCUT2D eigenvalue weighted by atomic mass is 10.2. The number of ether oxygens (including phenoxy) is 1. The molecule has 3 rings (SSSR count). The Kier molecular flexibility index (Phi) is 5.48. The van der Waals surface area contributed by atoms with Gasteiger partial charge in [0.15, 0.2) is 5.82 Å². The molecule has 6 heteroatoms. The molecule has 0 spiro atoms. The smallest absolute Gasteiger partial charge is 0.266 e. The van der Waals surface area contributed by atoms with Gasteiger partial charge in [-0.2, -0.15) is 0 Å². The van der Waals surface area contributed by atoms with Crippen LogP contribution in [0.1, 0.15) is 18.8 Å². The van der Waals surface area contributed by atoms with Crippen molar-refractivity contribution in [1.82, 2.24) is 9.55 Å². The monoisotopic (exact) mass is 358 g/mol. The lowest BCUT2D eigenvalue weighted by Gasteiger charge is -2.17. The molecule has 0 saturated heterocycles. The molecule has 0 amide bonds. The van der Waals surface area contributed by atoms with Crippen LogP contribution in [0.3, 0.4) is 0 Å². The van der Waals surface area contributed by atoms with Gasteiger partial charge < -0.3 is 10.1 Å². The van der Waals surface area contributed by atoms with E-state index < -0.39 is 0 Å². The van der Waals surface area contributed by atoms with E-state index in [1.807, 2.05) is 37.3 Å². The van der Waals surface area contributed by atoms with Crippen molar-refractivity contribution in [2.45, 2.75) is 13.0 Å². The molecule has 1 heterocycles. The van der Waals surface area contributed by atoms with E-state index in [2.05, 4.69) is 5.32 Å². The summed E-state index contributed by atoms with van der Waals surface area (Å²) < 4.78 is 6.77. The zero-order valence-electron chi connectivity index (χ0n) is 14.3. The molecule has 5 nitrogen and oxygen atoms in total. The van der Waals surface area contributed by atoms with Crippen molar-refractivity contribution in [2.24, 2.45) is 0 Å². The molecular formula is C19H21ClN3O2+. The summed E-state index contributed by atoms with van der Waals surface area (Å²) in [5.74, 6) is 0.696. The zero-order chi connectivity index (χ0) is 17.8. The van der Waals surface area contributed by atoms with Crippen molar-refractivity contribution in [1.29, 1.82) is 0 Å². The van der Waals surface area contributed by atoms with Gasteiger partial charge in [0.25, 0.3) is 5.56 Å². The second kappa shape index (κ2) is 7.78. The van der Waals surface area contributed by atoms with E-state index >= 15 is 0 Å². The Morgan fingerprint density at radius 3 is 2.80 bits per heavy atom. The van der Waals surface area contributed by atoms with Crippen LogP contribution in [-0.2, 0) is 4.74 Å². The summed E-state index contributed by atoms with van der Waals surface area (Å²) in [5.41, 5.74) is 1.33. The number of nitrogens with zero attached hydrogens (tertiary/aromatic N) is 2. The predicted molar refractivity (Wildman–Crippen MR) is 99.4 cm³/mol. The molecule has 0 aliphatic heterocycles. The van der Waals surface area contributed by atoms with Crippen LogP contribution in [0.5, 0.6) is 0 Å². The summed E-state index contributed by atoms with van der Waals surface area (Å²) in [4.78, 5) is 17.9. The van der Waals surface area contributed by atoms with Crippen molar-refractivity contribution in [3.8, 4) is 5.69 Å². The fourth-order valence-electron chi connectivity index (χ4n) is 2.86. The molecule has 0 unspecified atom stereocenters. The highest BCUT2D eigenvalue weighted by atomic mass is 35.5. The standard InChI is InChI=1S/C19H20ClN3O2/c1-13(21-10-11-25-2)18-22-17-9-4-3-8-16(17)19(24)23(18)15-7-5-6-14(20)12-15/h3-9,12-13,21H,10-11H2,1-2H3/p+1/t13-/m0/s1. The van der Waals surface area contributed by atoms with E-state index in [1.54, 1.807) is 29.9 Å². The first kappa shape index (κ1) is 17.6. The molecule has 0 fully saturated rings. The maximum Gasteiger partial charge on any atom is 0.266 e. The van der Waals surface area contributed by atoms with Crippen molar-refractivity contribution in [2.75, 3.05) is 20.3 Å². The van der Waals surface area contributed by atoms with Crippen molar-refractivity contribution < 1.29 is 10.1 Å². The Balaban J connectivity index is 2.19. The molecule has 0 bridgehead atoms. The number of fused-ring (bicyclic) bond motifs is 1. The van der Waals surface area contributed by atoms with Gasteiger partial charge in [0.1, 0.15) is 6.04 Å². The Bertz CT molecular complexity index is 939. The van der Waals surface area contributed by atoms with Crippen LogP contribution in [0.4, 0.5) is 0 Å². The van der Waals surface area contributed by atoms with E-state index in [9.17, 15) is 4.79 Å². The SMILES string of the molecule is COCC[NH2+][C@@H](C)c1nc2ccccc2c(=O)n1-c1cccc(Cl)c1. The van der Waals surface area contributed by atoms with Crippen LogP contribution in [0.15, 0.2) is 53.3 Å². The Morgan fingerprint density at radius 1 is 1.24 bits per heavy atom. The first-order valence-corrected chi connectivity index (χ1v) is 8.59. The van der Waals surface area contributed by atoms with Crippen LogP contribution in [0.2, 0.25) is 5.02 Å². The van der Waals surface area contributed by atoms with E-state index in [-0.39, 0.29) is 11.6 Å². The summed E-state index contributed by atoms with van der Waals surface area (Å²) in [6.45, 7) is 3.46. The third kappa shape index (κ3) is 3.74. The summed E-state index contributed by atoms with van der Waals surface area (Å²) >= 11 is 6.14. The third-order valence-corrected chi connectivity index (χ3v) is 4.35. The first-order valence-electron chi connectivity index (χ1n) is 8.21. The van der Waals surface area contributed by atoms with Gasteiger partial charge in [0.05, 0.1) is 29.7 Å². The highest BCUT2D eigenvalue weighted by Crippen LogP contribution is 2.19. The number of hydrogen-bond acceptors (Lipinski definition) is 3. The fourth-order valence-corrected chi connectivity index (χ4v) is 3.05. The van der Waals surface area contributed by atoms with E-state index in [4.69, 9.17) is 21.3 Å². The molecular weight excluding hydrogens is 338 g/mol. The molecule has 25 heavy (non-hydrogen) atoms. The molecule has 2 N–H and O–H groups in total. The fraction of sp³-hybridized carbons (Fsp3) is 0.263. The second-order valence-corrected chi connectivity index (χ2v) is 6.35. The molecule has 130 valence electrons. The highest BCUT2D eigenvalue weighted by Gasteiger charge is 2.20. The number of quaternary nitrogens is 1. The maximum atomic E-state index is 13.1. The molecule has 0 aliphatic rings. The number of aromatic nitrogens is 2. The van der Waals surface area contributed by atoms with Gasteiger partial charge in [-0.15, -0.1) is 0 Å². The van der Waals surface area contributed by atoms with Crippen LogP contribution in [0.25, 0.3) is 16.6 Å². The number of hydrogen-bond donors (Lipinski definition) is 1. The van der Waals surface area contributed by atoms with E-state index in [0.29, 0.717) is 28.4 Å². The normalized spacial score (nSPS) is 12.4. The minimum absolute atomic E-state index is 0.00793. The second-order valence-electron chi connectivity index (χ2n) is 5.91. The first-order chi connectivity index (χ1) is 12.1. The number of methoxy groups -OCH3 is 1. The molecule has 1 atom stereocenters. The average molecular weight is 359 g/mol. The van der Waals surface area contributed by atoms with E-state index in [0.717, 1.165) is 12.2 Å². The van der Waals surface area contributed by atoms with Gasteiger partial charge in [-0.3, -0.25) is 9.36 Å². The Labute approximate surface area is 151 Å². The minimum Gasteiger partial charge on any atom is -0.379 e. The molecule has 0 saturated carbocycles. The number of rotatable bonds is 6. The lowest BCUT2D eigenvalue weighted by Crippen LogP contribution is -2.86. The molecule has 0 radical (unpaired) electrons. The topological polar surface area (TPSA) is 60.7 Å². The molecule has 1 aromatic heterocycles. The van der Waals surface area contributed by atoms with E-state index in [1.165, 1.54) is 0 Å². The van der Waals surface area contributed by atoms with Crippen molar-refractivity contribution in [3.05, 3.63) is 69.7 Å². The van der Waals surface area contributed by atoms with Crippen LogP contribution < -0.4 is 10.9 Å². The highest BCUT2D eigenvalue weighted by molar-refractivity contribution is 6.30. The third-order valence-electron chi connectivity index (χ3n) is 4.12. The van der Waals surface area contributed by atoms with Crippen molar-refractivity contribution in [3.63, 3.8) is 0 Å². The molecule has 0 aliphatic carbocycles. The summed E-state index contributed by atoms with van der Waals surface area (Å²) in [7, 11) is 1.68. The molecule has 3 aromatic rings. The van der Waals surface area contributed by atoms with Gasteiger partial charge >= 0.3 is 0 Å². The van der Waals surface area contributed by atoms with Crippen LogP contribution >= 0.6 is 11.6 Å². The van der Waals surface area contributed by atoms with Crippen molar-refractivity contribution >= 4 is 22.5 Å². The zero-order valence-corrected chi connectivity index (χ0v) is 15.0. The van der Waals surface area contributed by atoms with Gasteiger partial charge in [-0.05, 0) is 37.3 Å². The molecule has 2 aromatic carbocycles. The van der Waals surface area contributed by atoms with Gasteiger partial charge in [-0.1, -0.05) is 29.8 Å². The summed E-state index contributed by atoms with van der Waals surface area (Å²) in [5, 5.41) is 3.29. The Morgan fingerprint density at radius 2 is 2.04 bits per heavy atom. The summed E-state index contributed by atoms with van der Waals surface area (Å²) in [6.07, 6.45) is 0. The number of para-hydroxylation sites is 1. The number of nitrogens with two attached hydrogens (primary N) is 1. The van der Waals surface area contributed by atoms with Crippen LogP contribution in [0, 0.1) is 0 Å². The van der Waals surface area contributed by atoms with Gasteiger partial charge in [0.2, 0.25) is 0 Å². The number of benzene rings is 2. The van der Waals surface area contributed by atoms with Crippen LogP contribution in [-0.4, -0.2) is 29.8 Å². The maximum absolute atomic E-state index is 13.1. The summed E-state index contributed by atoms with van der Waals surface area (Å²) in [6, 6.07) is 14.7. The van der Waals surface area contributed by atoms with Gasteiger partial charge in [-0.25, -0.2) is 4.98 Å². The minimum atomic E-state index is -0.0881. The quantitative estimate of drug-likeness (QED) is 0.688. The largest absolute Gasteiger partial charge is 0.379 e.